The Morgan fingerprint density at radius 1 is 1.23 bits per heavy atom. The summed E-state index contributed by atoms with van der Waals surface area (Å²) in [7, 11) is 1.60. The molecule has 0 aliphatic heterocycles. The Kier molecular flexibility index (Phi) is 4.92. The van der Waals surface area contributed by atoms with Crippen LogP contribution in [0.3, 0.4) is 0 Å². The molecule has 4 aromatic rings. The fourth-order valence-corrected chi connectivity index (χ4v) is 4.06. The molecule has 2 heterocycles. The van der Waals surface area contributed by atoms with Gasteiger partial charge in [0.25, 0.3) is 11.6 Å². The minimum absolute atomic E-state index is 0.104. The number of anilines is 1. The number of methoxy groups -OCH3 is 1. The molecule has 2 aromatic heterocycles. The molecule has 0 saturated heterocycles. The highest BCUT2D eigenvalue weighted by molar-refractivity contribution is 7.20. The molecule has 0 spiro atoms. The molecular formula is C20H17N5O4S. The van der Waals surface area contributed by atoms with Crippen LogP contribution in [0.25, 0.3) is 15.3 Å². The number of fused-ring (bicyclic) bond motifs is 1. The van der Waals surface area contributed by atoms with E-state index in [0.29, 0.717) is 22.2 Å². The minimum atomic E-state index is -0.504. The number of nitrogens with zero attached hydrogens (tertiary/aromatic N) is 4. The number of nitrogens with one attached hydrogen (secondary N) is 1. The summed E-state index contributed by atoms with van der Waals surface area (Å²) in [6.07, 6.45) is 0. The van der Waals surface area contributed by atoms with Gasteiger partial charge in [0, 0.05) is 23.3 Å². The number of nitro groups is 1. The maximum absolute atomic E-state index is 12.8. The summed E-state index contributed by atoms with van der Waals surface area (Å²) in [6, 6.07) is 11.7. The summed E-state index contributed by atoms with van der Waals surface area (Å²) >= 11 is 1.41. The zero-order valence-electron chi connectivity index (χ0n) is 16.4. The summed E-state index contributed by atoms with van der Waals surface area (Å²) in [5.74, 6) is 0.693. The van der Waals surface area contributed by atoms with Gasteiger partial charge in [0.1, 0.15) is 11.6 Å². The second kappa shape index (κ2) is 7.56. The van der Waals surface area contributed by atoms with Crippen molar-refractivity contribution in [3.63, 3.8) is 0 Å². The van der Waals surface area contributed by atoms with Crippen LogP contribution in [0.1, 0.15) is 21.6 Å². The van der Waals surface area contributed by atoms with Crippen LogP contribution in [0.2, 0.25) is 0 Å². The van der Waals surface area contributed by atoms with Crippen molar-refractivity contribution in [1.29, 1.82) is 0 Å². The third-order valence-electron chi connectivity index (χ3n) is 4.59. The van der Waals surface area contributed by atoms with Crippen molar-refractivity contribution >= 4 is 39.0 Å². The minimum Gasteiger partial charge on any atom is -0.497 e. The normalized spacial score (nSPS) is 10.9. The maximum Gasteiger partial charge on any atom is 0.273 e. The molecule has 0 radical (unpaired) electrons. The number of aromatic nitrogens is 3. The standard InChI is InChI=1S/C20H17N5O4S/c1-11-9-18(22-19(26)14-5-4-6-16(12(14)2)25(27)28)24(23-11)20-21-15-8-7-13(29-3)10-17(15)30-20/h4-10H,1-3H3,(H,22,26). The zero-order chi connectivity index (χ0) is 21.4. The van der Waals surface area contributed by atoms with Crippen LogP contribution >= 0.6 is 11.3 Å². The first-order valence-corrected chi connectivity index (χ1v) is 9.76. The first-order chi connectivity index (χ1) is 14.4. The van der Waals surface area contributed by atoms with E-state index in [1.54, 1.807) is 37.8 Å². The van der Waals surface area contributed by atoms with E-state index < -0.39 is 10.8 Å². The van der Waals surface area contributed by atoms with Crippen LogP contribution < -0.4 is 10.1 Å². The van der Waals surface area contributed by atoms with Crippen molar-refractivity contribution in [1.82, 2.24) is 14.8 Å². The van der Waals surface area contributed by atoms with Gasteiger partial charge in [-0.2, -0.15) is 9.78 Å². The monoisotopic (exact) mass is 423 g/mol. The van der Waals surface area contributed by atoms with Crippen LogP contribution in [-0.4, -0.2) is 32.7 Å². The van der Waals surface area contributed by atoms with E-state index >= 15 is 0 Å². The lowest BCUT2D eigenvalue weighted by molar-refractivity contribution is -0.385. The van der Waals surface area contributed by atoms with Crippen LogP contribution in [0.15, 0.2) is 42.5 Å². The molecule has 152 valence electrons. The number of hydrogen-bond donors (Lipinski definition) is 1. The highest BCUT2D eigenvalue weighted by Gasteiger charge is 2.20. The second-order valence-corrected chi connectivity index (χ2v) is 7.58. The predicted octanol–water partition coefficient (Wildman–Crippen LogP) is 4.27. The Morgan fingerprint density at radius 2 is 2.03 bits per heavy atom. The first kappa shape index (κ1) is 19.5. The molecule has 10 heteroatoms. The molecule has 0 fully saturated rings. The van der Waals surface area contributed by atoms with Crippen LogP contribution in [0.5, 0.6) is 5.75 Å². The van der Waals surface area contributed by atoms with Gasteiger partial charge in [-0.3, -0.25) is 14.9 Å². The van der Waals surface area contributed by atoms with Gasteiger partial charge >= 0.3 is 0 Å². The summed E-state index contributed by atoms with van der Waals surface area (Å²) in [5, 5.41) is 19.0. The van der Waals surface area contributed by atoms with Crippen molar-refractivity contribution in [2.24, 2.45) is 0 Å². The van der Waals surface area contributed by atoms with E-state index in [4.69, 9.17) is 4.74 Å². The highest BCUT2D eigenvalue weighted by atomic mass is 32.1. The molecule has 0 unspecified atom stereocenters. The number of ether oxygens (including phenoxy) is 1. The van der Waals surface area contributed by atoms with E-state index in [0.717, 1.165) is 16.0 Å². The van der Waals surface area contributed by atoms with Gasteiger partial charge in [-0.25, -0.2) is 4.98 Å². The lowest BCUT2D eigenvalue weighted by Crippen LogP contribution is -2.16. The molecule has 1 amide bonds. The number of nitro benzene ring substituents is 1. The number of rotatable bonds is 5. The Hall–Kier alpha value is -3.79. The third-order valence-corrected chi connectivity index (χ3v) is 5.58. The van der Waals surface area contributed by atoms with E-state index in [9.17, 15) is 14.9 Å². The lowest BCUT2D eigenvalue weighted by Gasteiger charge is -2.08. The predicted molar refractivity (Wildman–Crippen MR) is 114 cm³/mol. The number of benzene rings is 2. The summed E-state index contributed by atoms with van der Waals surface area (Å²) in [4.78, 5) is 28.1. The second-order valence-electron chi connectivity index (χ2n) is 6.57. The molecule has 9 nitrogen and oxygen atoms in total. The van der Waals surface area contributed by atoms with E-state index in [2.05, 4.69) is 15.4 Å². The topological polar surface area (TPSA) is 112 Å². The lowest BCUT2D eigenvalue weighted by atomic mass is 10.1. The van der Waals surface area contributed by atoms with Gasteiger partial charge in [-0.05, 0) is 38.1 Å². The number of carbonyl (C=O) groups is 1. The van der Waals surface area contributed by atoms with Gasteiger partial charge in [-0.1, -0.05) is 17.4 Å². The number of hydrogen-bond acceptors (Lipinski definition) is 7. The molecule has 0 saturated carbocycles. The number of carbonyl (C=O) groups excluding carboxylic acids is 1. The SMILES string of the molecule is COc1ccc2nc(-n3nc(C)cc3NC(=O)c3cccc([N+](=O)[O-])c3C)sc2c1. The molecular weight excluding hydrogens is 406 g/mol. The summed E-state index contributed by atoms with van der Waals surface area (Å²) in [5.41, 5.74) is 1.90. The third kappa shape index (κ3) is 3.48. The smallest absolute Gasteiger partial charge is 0.273 e. The number of thiazole rings is 1. The van der Waals surface area contributed by atoms with Crippen LogP contribution in [0, 0.1) is 24.0 Å². The Morgan fingerprint density at radius 3 is 2.77 bits per heavy atom. The van der Waals surface area contributed by atoms with Crippen molar-refractivity contribution in [2.45, 2.75) is 13.8 Å². The molecule has 0 atom stereocenters. The molecule has 30 heavy (non-hydrogen) atoms. The van der Waals surface area contributed by atoms with E-state index in [-0.39, 0.29) is 11.3 Å². The Labute approximate surface area is 175 Å². The van der Waals surface area contributed by atoms with Crippen molar-refractivity contribution < 1.29 is 14.5 Å². The Balaban J connectivity index is 1.70. The van der Waals surface area contributed by atoms with Gasteiger partial charge in [-0.15, -0.1) is 0 Å². The summed E-state index contributed by atoms with van der Waals surface area (Å²) < 4.78 is 7.73. The fraction of sp³-hybridized carbons (Fsp3) is 0.150. The van der Waals surface area contributed by atoms with Crippen LogP contribution in [0.4, 0.5) is 11.5 Å². The van der Waals surface area contributed by atoms with Gasteiger partial charge < -0.3 is 10.1 Å². The molecule has 0 aliphatic rings. The highest BCUT2D eigenvalue weighted by Crippen LogP contribution is 2.30. The van der Waals surface area contributed by atoms with Crippen molar-refractivity contribution in [2.75, 3.05) is 12.4 Å². The van der Waals surface area contributed by atoms with E-state index in [1.165, 1.54) is 23.5 Å². The maximum atomic E-state index is 12.8. The largest absolute Gasteiger partial charge is 0.497 e. The van der Waals surface area contributed by atoms with Crippen LogP contribution in [-0.2, 0) is 0 Å². The molecule has 4 rings (SSSR count). The number of amides is 1. The van der Waals surface area contributed by atoms with Crippen molar-refractivity contribution in [3.05, 3.63) is 69.4 Å². The summed E-state index contributed by atoms with van der Waals surface area (Å²) in [6.45, 7) is 3.36. The molecule has 2 aromatic carbocycles. The number of aryl methyl sites for hydroxylation is 1. The molecule has 1 N–H and O–H groups in total. The van der Waals surface area contributed by atoms with Gasteiger partial charge in [0.05, 0.1) is 27.9 Å². The Bertz CT molecular complexity index is 1290. The fourth-order valence-electron chi connectivity index (χ4n) is 3.10. The zero-order valence-corrected chi connectivity index (χ0v) is 17.2. The molecule has 0 bridgehead atoms. The van der Waals surface area contributed by atoms with Gasteiger partial charge in [0.2, 0.25) is 5.13 Å². The average Bonchev–Trinajstić information content (AvgIpc) is 3.29. The van der Waals surface area contributed by atoms with E-state index in [1.807, 2.05) is 18.2 Å². The quantitative estimate of drug-likeness (QED) is 0.379. The first-order valence-electron chi connectivity index (χ1n) is 8.94. The molecule has 0 aliphatic carbocycles. The van der Waals surface area contributed by atoms with Gasteiger partial charge in [0.15, 0.2) is 0 Å². The van der Waals surface area contributed by atoms with Crippen molar-refractivity contribution in [3.8, 4) is 10.9 Å². The average molecular weight is 423 g/mol.